The number of benzene rings is 1. The van der Waals surface area contributed by atoms with Gasteiger partial charge in [0.05, 0.1) is 18.2 Å². The first-order valence-corrected chi connectivity index (χ1v) is 6.39. The number of methoxy groups -OCH3 is 1. The molecule has 2 aromatic rings. The van der Waals surface area contributed by atoms with Gasteiger partial charge in [-0.25, -0.2) is 4.79 Å². The van der Waals surface area contributed by atoms with Gasteiger partial charge in [-0.05, 0) is 40.9 Å². The molecule has 88 valence electrons. The minimum atomic E-state index is -0.287. The molecule has 1 heterocycles. The topological polar surface area (TPSA) is 31.2 Å². The Labute approximate surface area is 107 Å². The minimum absolute atomic E-state index is 0.287. The van der Waals surface area contributed by atoms with E-state index in [1.54, 1.807) is 6.07 Å². The summed E-state index contributed by atoms with van der Waals surface area (Å²) in [5.41, 5.74) is 1.72. The van der Waals surface area contributed by atoms with Crippen LogP contribution in [0.25, 0.3) is 10.9 Å². The van der Waals surface area contributed by atoms with E-state index in [0.717, 1.165) is 15.4 Å². The van der Waals surface area contributed by atoms with Crippen LogP contribution in [0.1, 0.15) is 29.2 Å². The van der Waals surface area contributed by atoms with Crippen molar-refractivity contribution in [1.29, 1.82) is 0 Å². The summed E-state index contributed by atoms with van der Waals surface area (Å²) in [6.45, 7) is 0. The molecular formula is C13H12BrNO2. The molecule has 0 N–H and O–H groups in total. The zero-order valence-electron chi connectivity index (χ0n) is 9.44. The number of hydrogen-bond donors (Lipinski definition) is 0. The summed E-state index contributed by atoms with van der Waals surface area (Å²) in [7, 11) is 1.41. The van der Waals surface area contributed by atoms with Crippen LogP contribution < -0.4 is 0 Å². The smallest absolute Gasteiger partial charge is 0.338 e. The van der Waals surface area contributed by atoms with Crippen LogP contribution in [0.3, 0.4) is 0 Å². The van der Waals surface area contributed by atoms with E-state index in [1.807, 2.05) is 12.1 Å². The van der Waals surface area contributed by atoms with Crippen molar-refractivity contribution >= 4 is 32.8 Å². The summed E-state index contributed by atoms with van der Waals surface area (Å²) < 4.78 is 8.02. The quantitative estimate of drug-likeness (QED) is 0.793. The van der Waals surface area contributed by atoms with Gasteiger partial charge in [0.25, 0.3) is 0 Å². The Bertz CT molecular complexity index is 599. The summed E-state index contributed by atoms with van der Waals surface area (Å²) >= 11 is 3.53. The Morgan fingerprint density at radius 2 is 2.24 bits per heavy atom. The molecule has 1 aromatic heterocycles. The summed E-state index contributed by atoms with van der Waals surface area (Å²) in [6, 6.07) is 6.35. The first-order chi connectivity index (χ1) is 8.22. The van der Waals surface area contributed by atoms with Gasteiger partial charge >= 0.3 is 5.97 Å². The van der Waals surface area contributed by atoms with E-state index in [-0.39, 0.29) is 5.97 Å². The van der Waals surface area contributed by atoms with Crippen LogP contribution in [0.4, 0.5) is 0 Å². The van der Waals surface area contributed by atoms with E-state index < -0.39 is 0 Å². The Morgan fingerprint density at radius 1 is 1.47 bits per heavy atom. The number of esters is 1. The van der Waals surface area contributed by atoms with Crippen LogP contribution in [-0.2, 0) is 4.74 Å². The van der Waals surface area contributed by atoms with Crippen molar-refractivity contribution in [1.82, 2.24) is 4.57 Å². The van der Waals surface area contributed by atoms with Crippen LogP contribution in [-0.4, -0.2) is 17.6 Å². The molecule has 0 radical (unpaired) electrons. The van der Waals surface area contributed by atoms with Crippen molar-refractivity contribution in [2.24, 2.45) is 0 Å². The van der Waals surface area contributed by atoms with E-state index in [2.05, 4.69) is 26.7 Å². The fourth-order valence-corrected chi connectivity index (χ4v) is 2.83. The van der Waals surface area contributed by atoms with Crippen molar-refractivity contribution < 1.29 is 9.53 Å². The van der Waals surface area contributed by atoms with Gasteiger partial charge in [0, 0.05) is 22.1 Å². The lowest BCUT2D eigenvalue weighted by atomic mass is 10.1. The molecule has 0 saturated heterocycles. The summed E-state index contributed by atoms with van der Waals surface area (Å²) in [5, 5.41) is 0.950. The molecule has 4 heteroatoms. The maximum Gasteiger partial charge on any atom is 0.338 e. The normalized spacial score (nSPS) is 15.2. The third-order valence-electron chi connectivity index (χ3n) is 3.16. The predicted octanol–water partition coefficient (Wildman–Crippen LogP) is 3.53. The summed E-state index contributed by atoms with van der Waals surface area (Å²) in [6.07, 6.45) is 4.51. The molecule has 1 saturated carbocycles. The highest BCUT2D eigenvalue weighted by Gasteiger charge is 2.26. The monoisotopic (exact) mass is 293 g/mol. The number of hydrogen-bond acceptors (Lipinski definition) is 2. The van der Waals surface area contributed by atoms with Gasteiger partial charge in [0.1, 0.15) is 0 Å². The molecular weight excluding hydrogens is 282 g/mol. The molecule has 0 bridgehead atoms. The van der Waals surface area contributed by atoms with Crippen LogP contribution in [0.2, 0.25) is 0 Å². The van der Waals surface area contributed by atoms with E-state index in [0.29, 0.717) is 11.6 Å². The van der Waals surface area contributed by atoms with Crippen molar-refractivity contribution in [2.45, 2.75) is 18.9 Å². The Morgan fingerprint density at radius 3 is 2.88 bits per heavy atom. The van der Waals surface area contributed by atoms with Crippen molar-refractivity contribution in [2.75, 3.05) is 7.11 Å². The molecule has 1 fully saturated rings. The highest BCUT2D eigenvalue weighted by atomic mass is 79.9. The average Bonchev–Trinajstić information content (AvgIpc) is 3.13. The second-order valence-electron chi connectivity index (χ2n) is 4.31. The number of fused-ring (bicyclic) bond motifs is 1. The number of aromatic nitrogens is 1. The zero-order chi connectivity index (χ0) is 12.0. The molecule has 0 atom stereocenters. The average molecular weight is 294 g/mol. The molecule has 0 aliphatic heterocycles. The molecule has 0 unspecified atom stereocenters. The Hall–Kier alpha value is -1.29. The SMILES string of the molecule is COC(=O)c1cccc2c1c(Br)cn2C1CC1. The van der Waals surface area contributed by atoms with Gasteiger partial charge in [0.15, 0.2) is 0 Å². The predicted molar refractivity (Wildman–Crippen MR) is 69.2 cm³/mol. The largest absolute Gasteiger partial charge is 0.465 e. The lowest BCUT2D eigenvalue weighted by molar-refractivity contribution is 0.0603. The minimum Gasteiger partial charge on any atom is -0.465 e. The third kappa shape index (κ3) is 1.67. The van der Waals surface area contributed by atoms with Crippen molar-refractivity contribution in [3.63, 3.8) is 0 Å². The molecule has 3 nitrogen and oxygen atoms in total. The summed E-state index contributed by atoms with van der Waals surface area (Å²) in [5.74, 6) is -0.287. The standard InChI is InChI=1S/C13H12BrNO2/c1-17-13(16)9-3-2-4-11-12(9)10(14)7-15(11)8-5-6-8/h2-4,7-8H,5-6H2,1H3. The highest BCUT2D eigenvalue weighted by molar-refractivity contribution is 9.10. The van der Waals surface area contributed by atoms with Crippen LogP contribution in [0.5, 0.6) is 0 Å². The van der Waals surface area contributed by atoms with Crippen LogP contribution in [0, 0.1) is 0 Å². The molecule has 17 heavy (non-hydrogen) atoms. The van der Waals surface area contributed by atoms with E-state index >= 15 is 0 Å². The fraction of sp³-hybridized carbons (Fsp3) is 0.308. The van der Waals surface area contributed by atoms with Gasteiger partial charge in [-0.2, -0.15) is 0 Å². The molecule has 3 rings (SSSR count). The Kier molecular flexibility index (Phi) is 2.47. The maximum atomic E-state index is 11.7. The van der Waals surface area contributed by atoms with Crippen LogP contribution in [0.15, 0.2) is 28.9 Å². The maximum absolute atomic E-state index is 11.7. The Balaban J connectivity index is 2.27. The van der Waals surface area contributed by atoms with Gasteiger partial charge in [0.2, 0.25) is 0 Å². The van der Waals surface area contributed by atoms with E-state index in [9.17, 15) is 4.79 Å². The van der Waals surface area contributed by atoms with Crippen LogP contribution >= 0.6 is 15.9 Å². The third-order valence-corrected chi connectivity index (χ3v) is 3.76. The molecule has 0 spiro atoms. The highest BCUT2D eigenvalue weighted by Crippen LogP contribution is 2.41. The molecule has 1 aromatic carbocycles. The molecule has 1 aliphatic carbocycles. The van der Waals surface area contributed by atoms with Gasteiger partial charge in [-0.1, -0.05) is 6.07 Å². The number of nitrogens with zero attached hydrogens (tertiary/aromatic N) is 1. The molecule has 1 aliphatic rings. The number of carbonyl (C=O) groups excluding carboxylic acids is 1. The number of rotatable bonds is 2. The summed E-state index contributed by atoms with van der Waals surface area (Å²) in [4.78, 5) is 11.7. The first kappa shape index (κ1) is 10.8. The first-order valence-electron chi connectivity index (χ1n) is 5.59. The van der Waals surface area contributed by atoms with E-state index in [1.165, 1.54) is 20.0 Å². The van der Waals surface area contributed by atoms with Gasteiger partial charge in [-0.3, -0.25) is 0 Å². The lowest BCUT2D eigenvalue weighted by Gasteiger charge is -2.04. The zero-order valence-corrected chi connectivity index (χ0v) is 11.0. The van der Waals surface area contributed by atoms with E-state index in [4.69, 9.17) is 4.74 Å². The number of ether oxygens (including phenoxy) is 1. The second kappa shape index (κ2) is 3.88. The van der Waals surface area contributed by atoms with Crippen molar-refractivity contribution in [3.8, 4) is 0 Å². The lowest BCUT2D eigenvalue weighted by Crippen LogP contribution is -2.02. The second-order valence-corrected chi connectivity index (χ2v) is 5.16. The van der Waals surface area contributed by atoms with Gasteiger partial charge < -0.3 is 9.30 Å². The molecule has 0 amide bonds. The van der Waals surface area contributed by atoms with Crippen molar-refractivity contribution in [3.05, 3.63) is 34.4 Å². The number of halogens is 1. The van der Waals surface area contributed by atoms with Gasteiger partial charge in [-0.15, -0.1) is 0 Å². The number of carbonyl (C=O) groups is 1. The fourth-order valence-electron chi connectivity index (χ4n) is 2.20.